The van der Waals surface area contributed by atoms with Gasteiger partial charge in [0.2, 0.25) is 0 Å². The van der Waals surface area contributed by atoms with E-state index in [0.29, 0.717) is 0 Å². The molecule has 0 fully saturated rings. The maximum Gasteiger partial charge on any atom is 0.0937 e. The summed E-state index contributed by atoms with van der Waals surface area (Å²) in [4.78, 5) is 8.90. The van der Waals surface area contributed by atoms with E-state index in [2.05, 4.69) is 52.5 Å². The van der Waals surface area contributed by atoms with Crippen molar-refractivity contribution >= 4 is 11.0 Å². The Labute approximate surface area is 125 Å². The number of hydrogen-bond donors (Lipinski definition) is 1. The molecule has 1 aromatic heterocycles. The number of rotatable bonds is 4. The van der Waals surface area contributed by atoms with Gasteiger partial charge in [-0.15, -0.1) is 0 Å². The molecule has 3 aromatic rings. The van der Waals surface area contributed by atoms with Gasteiger partial charge in [-0.05, 0) is 30.7 Å². The molecule has 1 atom stereocenters. The molecule has 0 bridgehead atoms. The number of aromatic nitrogens is 2. The molecule has 0 saturated carbocycles. The van der Waals surface area contributed by atoms with Gasteiger partial charge >= 0.3 is 0 Å². The summed E-state index contributed by atoms with van der Waals surface area (Å²) < 4.78 is 0. The number of aryl methyl sites for hydroxylation is 1. The molecule has 1 unspecified atom stereocenters. The van der Waals surface area contributed by atoms with Gasteiger partial charge in [0.15, 0.2) is 0 Å². The van der Waals surface area contributed by atoms with Crippen molar-refractivity contribution in [3.05, 3.63) is 71.5 Å². The number of hydrogen-bond acceptors (Lipinski definition) is 3. The van der Waals surface area contributed by atoms with Crippen LogP contribution in [0.1, 0.15) is 29.7 Å². The molecule has 3 heteroatoms. The predicted molar refractivity (Wildman–Crippen MR) is 86.3 cm³/mol. The van der Waals surface area contributed by atoms with Crippen LogP contribution in [0.25, 0.3) is 11.0 Å². The highest BCUT2D eigenvalue weighted by Gasteiger charge is 2.15. The molecule has 0 radical (unpaired) electrons. The van der Waals surface area contributed by atoms with E-state index in [1.165, 1.54) is 11.1 Å². The Morgan fingerprint density at radius 2 is 1.76 bits per heavy atom. The third-order valence-corrected chi connectivity index (χ3v) is 3.85. The molecular formula is C18H19N3. The van der Waals surface area contributed by atoms with Gasteiger partial charge in [-0.2, -0.15) is 0 Å². The Hall–Kier alpha value is -2.26. The van der Waals surface area contributed by atoms with Gasteiger partial charge in [-0.1, -0.05) is 43.3 Å². The van der Waals surface area contributed by atoms with Crippen molar-refractivity contribution in [3.8, 4) is 0 Å². The Kier molecular flexibility index (Phi) is 3.93. The summed E-state index contributed by atoms with van der Waals surface area (Å²) in [6.07, 6.45) is 4.54. The van der Waals surface area contributed by atoms with Gasteiger partial charge < -0.3 is 5.32 Å². The minimum absolute atomic E-state index is 0.122. The third kappa shape index (κ3) is 2.65. The smallest absolute Gasteiger partial charge is 0.0937 e. The molecule has 106 valence electrons. The number of nitrogens with zero attached hydrogens (tertiary/aromatic N) is 2. The van der Waals surface area contributed by atoms with E-state index in [1.807, 2.05) is 19.2 Å². The van der Waals surface area contributed by atoms with Gasteiger partial charge in [0.1, 0.15) is 0 Å². The maximum absolute atomic E-state index is 4.51. The van der Waals surface area contributed by atoms with Crippen molar-refractivity contribution in [3.63, 3.8) is 0 Å². The van der Waals surface area contributed by atoms with Crippen LogP contribution in [0.15, 0.2) is 54.9 Å². The predicted octanol–water partition coefficient (Wildman–Crippen LogP) is 3.50. The largest absolute Gasteiger partial charge is 0.309 e. The second kappa shape index (κ2) is 6.02. The molecule has 1 heterocycles. The van der Waals surface area contributed by atoms with Crippen molar-refractivity contribution in [1.29, 1.82) is 0 Å². The van der Waals surface area contributed by atoms with Crippen molar-refractivity contribution in [2.45, 2.75) is 19.4 Å². The Morgan fingerprint density at radius 3 is 2.48 bits per heavy atom. The lowest BCUT2D eigenvalue weighted by molar-refractivity contribution is 0.695. The number of nitrogens with one attached hydrogen (secondary N) is 1. The summed E-state index contributed by atoms with van der Waals surface area (Å²) in [5.74, 6) is 0. The molecule has 0 aliphatic carbocycles. The first-order valence-corrected chi connectivity index (χ1v) is 7.29. The van der Waals surface area contributed by atoms with Gasteiger partial charge in [0.05, 0.1) is 17.1 Å². The number of para-hydroxylation sites is 1. The van der Waals surface area contributed by atoms with Gasteiger partial charge in [0, 0.05) is 18.0 Å². The monoisotopic (exact) mass is 277 g/mol. The van der Waals surface area contributed by atoms with E-state index < -0.39 is 0 Å². The minimum Gasteiger partial charge on any atom is -0.309 e. The zero-order chi connectivity index (χ0) is 14.7. The van der Waals surface area contributed by atoms with Crippen LogP contribution in [0.4, 0.5) is 0 Å². The molecule has 0 saturated heterocycles. The summed E-state index contributed by atoms with van der Waals surface area (Å²) in [5, 5.41) is 3.40. The molecule has 0 amide bonds. The van der Waals surface area contributed by atoms with E-state index in [9.17, 15) is 0 Å². The highest BCUT2D eigenvalue weighted by atomic mass is 14.9. The molecule has 1 N–H and O–H groups in total. The summed E-state index contributed by atoms with van der Waals surface area (Å²) in [6.45, 7) is 2.17. The SMILES string of the molecule is CCc1ccc(C(NC)c2cccc3nccnc23)cc1. The van der Waals surface area contributed by atoms with E-state index in [0.717, 1.165) is 23.0 Å². The molecule has 3 nitrogen and oxygen atoms in total. The molecule has 21 heavy (non-hydrogen) atoms. The summed E-state index contributed by atoms with van der Waals surface area (Å²) in [6, 6.07) is 15.0. The quantitative estimate of drug-likeness (QED) is 0.793. The summed E-state index contributed by atoms with van der Waals surface area (Å²) >= 11 is 0. The average molecular weight is 277 g/mol. The zero-order valence-corrected chi connectivity index (χ0v) is 12.4. The molecule has 2 aromatic carbocycles. The van der Waals surface area contributed by atoms with Crippen LogP contribution in [0.3, 0.4) is 0 Å². The minimum atomic E-state index is 0.122. The lowest BCUT2D eigenvalue weighted by Crippen LogP contribution is -2.18. The molecule has 0 spiro atoms. The van der Waals surface area contributed by atoms with Crippen molar-refractivity contribution in [2.24, 2.45) is 0 Å². The van der Waals surface area contributed by atoms with Crippen molar-refractivity contribution in [1.82, 2.24) is 15.3 Å². The van der Waals surface area contributed by atoms with Crippen LogP contribution in [0.2, 0.25) is 0 Å². The fraction of sp³-hybridized carbons (Fsp3) is 0.222. The lowest BCUT2D eigenvalue weighted by atomic mass is 9.96. The number of fused-ring (bicyclic) bond motifs is 1. The fourth-order valence-corrected chi connectivity index (χ4v) is 2.70. The van der Waals surface area contributed by atoms with E-state index in [4.69, 9.17) is 0 Å². The zero-order valence-electron chi connectivity index (χ0n) is 12.4. The van der Waals surface area contributed by atoms with Gasteiger partial charge in [-0.3, -0.25) is 9.97 Å². The van der Waals surface area contributed by atoms with E-state index in [1.54, 1.807) is 12.4 Å². The molecular weight excluding hydrogens is 258 g/mol. The normalized spacial score (nSPS) is 12.5. The first-order valence-electron chi connectivity index (χ1n) is 7.29. The van der Waals surface area contributed by atoms with Gasteiger partial charge in [0.25, 0.3) is 0 Å². The molecule has 0 aliphatic heterocycles. The third-order valence-electron chi connectivity index (χ3n) is 3.85. The van der Waals surface area contributed by atoms with Crippen molar-refractivity contribution in [2.75, 3.05) is 7.05 Å². The van der Waals surface area contributed by atoms with Crippen LogP contribution in [-0.4, -0.2) is 17.0 Å². The fourth-order valence-electron chi connectivity index (χ4n) is 2.70. The van der Waals surface area contributed by atoms with Crippen LogP contribution in [0.5, 0.6) is 0 Å². The van der Waals surface area contributed by atoms with Crippen LogP contribution >= 0.6 is 0 Å². The molecule has 3 rings (SSSR count). The number of benzene rings is 2. The summed E-state index contributed by atoms with van der Waals surface area (Å²) in [5.41, 5.74) is 5.64. The highest BCUT2D eigenvalue weighted by Crippen LogP contribution is 2.27. The Balaban J connectivity index is 2.09. The van der Waals surface area contributed by atoms with Crippen LogP contribution in [0, 0.1) is 0 Å². The highest BCUT2D eigenvalue weighted by molar-refractivity contribution is 5.78. The first kappa shape index (κ1) is 13.7. The van der Waals surface area contributed by atoms with Gasteiger partial charge in [-0.25, -0.2) is 0 Å². The Bertz CT molecular complexity index is 730. The average Bonchev–Trinajstić information content (AvgIpc) is 2.56. The second-order valence-electron chi connectivity index (χ2n) is 5.09. The standard InChI is InChI=1S/C18H19N3/c1-3-13-7-9-14(10-8-13)17(19-2)15-5-4-6-16-18(15)21-12-11-20-16/h4-12,17,19H,3H2,1-2H3. The van der Waals surface area contributed by atoms with Crippen molar-refractivity contribution < 1.29 is 0 Å². The lowest BCUT2D eigenvalue weighted by Gasteiger charge is -2.18. The topological polar surface area (TPSA) is 37.8 Å². The van der Waals surface area contributed by atoms with E-state index >= 15 is 0 Å². The maximum atomic E-state index is 4.51. The molecule has 0 aliphatic rings. The van der Waals surface area contributed by atoms with E-state index in [-0.39, 0.29) is 6.04 Å². The van der Waals surface area contributed by atoms with Crippen LogP contribution in [-0.2, 0) is 6.42 Å². The summed E-state index contributed by atoms with van der Waals surface area (Å²) in [7, 11) is 1.98. The second-order valence-corrected chi connectivity index (χ2v) is 5.09. The van der Waals surface area contributed by atoms with Crippen LogP contribution < -0.4 is 5.32 Å². The first-order chi connectivity index (χ1) is 10.3. The Morgan fingerprint density at radius 1 is 1.00 bits per heavy atom.